The lowest BCUT2D eigenvalue weighted by Gasteiger charge is -2.32. The summed E-state index contributed by atoms with van der Waals surface area (Å²) in [4.78, 5) is 41.1. The number of esters is 1. The molecule has 204 valence electrons. The highest BCUT2D eigenvalue weighted by Crippen LogP contribution is 2.37. The summed E-state index contributed by atoms with van der Waals surface area (Å²) in [5, 5.41) is 1.24. The van der Waals surface area contributed by atoms with Gasteiger partial charge in [-0.1, -0.05) is 42.5 Å². The van der Waals surface area contributed by atoms with Gasteiger partial charge in [0.05, 0.1) is 7.11 Å². The van der Waals surface area contributed by atoms with Gasteiger partial charge < -0.3 is 14.2 Å². The fourth-order valence-corrected chi connectivity index (χ4v) is 5.20. The molecule has 0 fully saturated rings. The molecule has 2 amide bonds. The summed E-state index contributed by atoms with van der Waals surface area (Å²) in [6, 6.07) is 12.7. The number of hydrogen-bond donors (Lipinski definition) is 0. The van der Waals surface area contributed by atoms with E-state index in [1.54, 1.807) is 52.9 Å². The number of thiophene rings is 1. The molecular weight excluding hydrogens is 502 g/mol. The second-order valence-corrected chi connectivity index (χ2v) is 12.5. The molecule has 0 radical (unpaired) electrons. The van der Waals surface area contributed by atoms with Gasteiger partial charge in [0.1, 0.15) is 17.2 Å². The summed E-state index contributed by atoms with van der Waals surface area (Å²) in [7, 11) is 1.21. The summed E-state index contributed by atoms with van der Waals surface area (Å²) in [5.74, 6) is -0.750. The molecule has 0 bridgehead atoms. The number of carbonyl (C=O) groups excluding carboxylic acids is 3. The molecule has 1 aromatic heterocycles. The van der Waals surface area contributed by atoms with E-state index in [1.807, 2.05) is 24.3 Å². The molecule has 0 spiro atoms. The Labute approximate surface area is 228 Å². The third-order valence-corrected chi connectivity index (χ3v) is 7.12. The molecule has 7 nitrogen and oxygen atoms in total. The van der Waals surface area contributed by atoms with E-state index in [4.69, 9.17) is 14.2 Å². The minimum atomic E-state index is -1.28. The van der Waals surface area contributed by atoms with E-state index in [9.17, 15) is 14.4 Å². The molecule has 38 heavy (non-hydrogen) atoms. The van der Waals surface area contributed by atoms with Crippen LogP contribution in [0.15, 0.2) is 42.5 Å². The van der Waals surface area contributed by atoms with Crippen molar-refractivity contribution in [3.63, 3.8) is 0 Å². The van der Waals surface area contributed by atoms with Crippen LogP contribution >= 0.6 is 11.3 Å². The molecule has 0 aliphatic heterocycles. The molecule has 8 heteroatoms. The highest BCUT2D eigenvalue weighted by molar-refractivity contribution is 7.19. The van der Waals surface area contributed by atoms with E-state index >= 15 is 0 Å². The summed E-state index contributed by atoms with van der Waals surface area (Å²) in [5.41, 5.74) is 2.41. The Hall–Kier alpha value is -3.39. The van der Waals surface area contributed by atoms with E-state index in [1.165, 1.54) is 27.6 Å². The number of benzene rings is 2. The third-order valence-electron chi connectivity index (χ3n) is 5.86. The van der Waals surface area contributed by atoms with Crippen molar-refractivity contribution in [2.75, 3.05) is 7.11 Å². The van der Waals surface area contributed by atoms with Crippen molar-refractivity contribution in [3.8, 4) is 11.1 Å². The topological polar surface area (TPSA) is 82.1 Å². The van der Waals surface area contributed by atoms with Crippen molar-refractivity contribution in [2.45, 2.75) is 79.1 Å². The summed E-state index contributed by atoms with van der Waals surface area (Å²) in [6.45, 7) is 14.4. The second kappa shape index (κ2) is 11.2. The Kier molecular flexibility index (Phi) is 8.56. The molecule has 2 aromatic carbocycles. The minimum Gasteiger partial charge on any atom is -0.467 e. The molecular formula is C30H37NO6S. The standard InChI is InChI=1S/C30H37NO6S/c1-18-19(2)38-25-22(18)11-10-12-23(25)21-15-13-20(14-16-21)17-24(26(32)35-9)31(27(33)36-29(3,4)5)28(34)37-30(6,7)8/h10-16,24H,17H2,1-9H3. The first-order chi connectivity index (χ1) is 17.6. The van der Waals surface area contributed by atoms with Crippen LogP contribution in [0.4, 0.5) is 9.59 Å². The molecule has 0 saturated heterocycles. The minimum absolute atomic E-state index is 0.0346. The van der Waals surface area contributed by atoms with Gasteiger partial charge >= 0.3 is 18.2 Å². The number of aryl methyl sites for hydroxylation is 2. The Morgan fingerprint density at radius 2 is 1.42 bits per heavy atom. The predicted molar refractivity (Wildman–Crippen MR) is 151 cm³/mol. The van der Waals surface area contributed by atoms with Crippen molar-refractivity contribution >= 4 is 39.6 Å². The summed E-state index contributed by atoms with van der Waals surface area (Å²) in [6.07, 6.45) is -1.92. The van der Waals surface area contributed by atoms with Crippen LogP contribution in [0.1, 0.15) is 57.5 Å². The van der Waals surface area contributed by atoms with Gasteiger partial charge in [-0.25, -0.2) is 14.4 Å². The number of rotatable bonds is 5. The number of ether oxygens (including phenoxy) is 3. The Morgan fingerprint density at radius 3 is 1.92 bits per heavy atom. The maximum absolute atomic E-state index is 13.1. The average molecular weight is 540 g/mol. The lowest BCUT2D eigenvalue weighted by molar-refractivity contribution is -0.146. The van der Waals surface area contributed by atoms with Gasteiger partial charge in [-0.05, 0) is 83.0 Å². The molecule has 0 saturated carbocycles. The van der Waals surface area contributed by atoms with Crippen molar-refractivity contribution < 1.29 is 28.6 Å². The smallest absolute Gasteiger partial charge is 0.420 e. The van der Waals surface area contributed by atoms with Gasteiger partial charge in [0.25, 0.3) is 0 Å². The highest BCUT2D eigenvalue weighted by Gasteiger charge is 2.41. The van der Waals surface area contributed by atoms with Crippen LogP contribution in [0.5, 0.6) is 0 Å². The molecule has 0 aliphatic rings. The molecule has 3 aromatic rings. The number of fused-ring (bicyclic) bond motifs is 1. The van der Waals surface area contributed by atoms with Gasteiger partial charge in [0, 0.05) is 16.0 Å². The van der Waals surface area contributed by atoms with Crippen LogP contribution in [-0.2, 0) is 25.4 Å². The zero-order chi connectivity index (χ0) is 28.4. The van der Waals surface area contributed by atoms with Crippen LogP contribution in [-0.4, -0.2) is 47.4 Å². The number of amides is 2. The Morgan fingerprint density at radius 1 is 0.868 bits per heavy atom. The predicted octanol–water partition coefficient (Wildman–Crippen LogP) is 7.44. The van der Waals surface area contributed by atoms with Crippen LogP contribution in [0.2, 0.25) is 0 Å². The Bertz CT molecular complexity index is 1300. The largest absolute Gasteiger partial charge is 0.467 e. The SMILES string of the molecule is COC(=O)C(Cc1ccc(-c2cccc3c(C)c(C)sc23)cc1)N(C(=O)OC(C)(C)C)C(=O)OC(C)(C)C. The zero-order valence-corrected chi connectivity index (χ0v) is 24.4. The van der Waals surface area contributed by atoms with Crippen molar-refractivity contribution in [3.05, 3.63) is 58.5 Å². The number of methoxy groups -OCH3 is 1. The third kappa shape index (κ3) is 6.92. The first kappa shape index (κ1) is 29.2. The molecule has 1 unspecified atom stereocenters. The normalized spacial score (nSPS) is 12.7. The highest BCUT2D eigenvalue weighted by atomic mass is 32.1. The average Bonchev–Trinajstić information content (AvgIpc) is 3.10. The van der Waals surface area contributed by atoms with Crippen molar-refractivity contribution in [1.29, 1.82) is 0 Å². The van der Waals surface area contributed by atoms with E-state index in [2.05, 4.69) is 32.0 Å². The quantitative estimate of drug-likeness (QED) is 0.247. The molecule has 3 rings (SSSR count). The second-order valence-electron chi connectivity index (χ2n) is 11.2. The van der Waals surface area contributed by atoms with Crippen molar-refractivity contribution in [1.82, 2.24) is 4.90 Å². The first-order valence-electron chi connectivity index (χ1n) is 12.5. The van der Waals surface area contributed by atoms with E-state index in [-0.39, 0.29) is 6.42 Å². The van der Waals surface area contributed by atoms with Crippen LogP contribution < -0.4 is 0 Å². The lowest BCUT2D eigenvalue weighted by Crippen LogP contribution is -2.53. The number of nitrogens with zero attached hydrogens (tertiary/aromatic N) is 1. The summed E-state index contributed by atoms with van der Waals surface area (Å²) >= 11 is 1.77. The van der Waals surface area contributed by atoms with E-state index in [0.717, 1.165) is 16.7 Å². The van der Waals surface area contributed by atoms with Gasteiger partial charge in [-0.3, -0.25) is 0 Å². The number of hydrogen-bond acceptors (Lipinski definition) is 7. The maximum Gasteiger partial charge on any atom is 0.420 e. The van der Waals surface area contributed by atoms with E-state index < -0.39 is 35.4 Å². The van der Waals surface area contributed by atoms with E-state index in [0.29, 0.717) is 4.90 Å². The molecule has 1 heterocycles. The van der Waals surface area contributed by atoms with Gasteiger partial charge in [-0.15, -0.1) is 11.3 Å². The van der Waals surface area contributed by atoms with Gasteiger partial charge in [-0.2, -0.15) is 4.90 Å². The van der Waals surface area contributed by atoms with Crippen LogP contribution in [0.3, 0.4) is 0 Å². The Balaban J connectivity index is 1.96. The van der Waals surface area contributed by atoms with Gasteiger partial charge in [0.2, 0.25) is 0 Å². The molecule has 1 atom stereocenters. The molecule has 0 aliphatic carbocycles. The fraction of sp³-hybridized carbons (Fsp3) is 0.433. The summed E-state index contributed by atoms with van der Waals surface area (Å²) < 4.78 is 17.1. The first-order valence-corrected chi connectivity index (χ1v) is 13.3. The number of imide groups is 1. The maximum atomic E-state index is 13.1. The van der Waals surface area contributed by atoms with Crippen molar-refractivity contribution in [2.24, 2.45) is 0 Å². The molecule has 0 N–H and O–H groups in total. The monoisotopic (exact) mass is 539 g/mol. The van der Waals surface area contributed by atoms with Crippen LogP contribution in [0, 0.1) is 13.8 Å². The lowest BCUT2D eigenvalue weighted by atomic mass is 9.99. The number of carbonyl (C=O) groups is 3. The van der Waals surface area contributed by atoms with Crippen LogP contribution in [0.25, 0.3) is 21.2 Å². The van der Waals surface area contributed by atoms with Gasteiger partial charge in [0.15, 0.2) is 0 Å². The zero-order valence-electron chi connectivity index (χ0n) is 23.6. The fourth-order valence-electron chi connectivity index (χ4n) is 4.00.